The Balaban J connectivity index is 2.39. The van der Waals surface area contributed by atoms with Gasteiger partial charge in [-0.2, -0.15) is 0 Å². The van der Waals surface area contributed by atoms with Crippen molar-refractivity contribution in [2.45, 2.75) is 136 Å². The molecule has 1 aromatic heterocycles. The zero-order chi connectivity index (χ0) is 18.9. The molecule has 26 heavy (non-hydrogen) atoms. The predicted octanol–water partition coefficient (Wildman–Crippen LogP) is 7.66. The van der Waals surface area contributed by atoms with E-state index in [1.54, 1.807) is 0 Å². The summed E-state index contributed by atoms with van der Waals surface area (Å²) in [5.41, 5.74) is 1.25. The molecule has 0 spiro atoms. The standard InChI is InChI=1S/C23H45N3/c1-4-7-10-13-14-17-20-26-21-23(24-25-26)22(18-15-11-8-5-2)19-16-12-9-6-3/h21-22H,4-20H2,1-3H3. The summed E-state index contributed by atoms with van der Waals surface area (Å²) in [6.45, 7) is 7.89. The highest BCUT2D eigenvalue weighted by Crippen LogP contribution is 2.27. The van der Waals surface area contributed by atoms with Gasteiger partial charge in [-0.1, -0.05) is 109 Å². The molecule has 0 fully saturated rings. The van der Waals surface area contributed by atoms with E-state index in [9.17, 15) is 0 Å². The lowest BCUT2D eigenvalue weighted by Gasteiger charge is -2.14. The van der Waals surface area contributed by atoms with Gasteiger partial charge < -0.3 is 0 Å². The van der Waals surface area contributed by atoms with Crippen LogP contribution in [-0.2, 0) is 6.54 Å². The van der Waals surface area contributed by atoms with E-state index in [2.05, 4.69) is 42.0 Å². The van der Waals surface area contributed by atoms with Crippen molar-refractivity contribution in [3.63, 3.8) is 0 Å². The SMILES string of the molecule is CCCCCCCCn1cc(C(CCCCCC)CCCCCC)nn1. The molecule has 3 heteroatoms. The highest BCUT2D eigenvalue weighted by Gasteiger charge is 2.15. The lowest BCUT2D eigenvalue weighted by atomic mass is 9.92. The van der Waals surface area contributed by atoms with Gasteiger partial charge in [0.15, 0.2) is 0 Å². The second kappa shape index (κ2) is 16.3. The molecule has 0 aliphatic carbocycles. The van der Waals surface area contributed by atoms with Crippen molar-refractivity contribution in [2.24, 2.45) is 0 Å². The van der Waals surface area contributed by atoms with E-state index in [-0.39, 0.29) is 0 Å². The average Bonchev–Trinajstić information content (AvgIpc) is 3.12. The van der Waals surface area contributed by atoms with Crippen LogP contribution in [0.5, 0.6) is 0 Å². The molecular weight excluding hydrogens is 318 g/mol. The topological polar surface area (TPSA) is 30.7 Å². The Morgan fingerprint density at radius 1 is 0.692 bits per heavy atom. The fraction of sp³-hybridized carbons (Fsp3) is 0.913. The van der Waals surface area contributed by atoms with Crippen LogP contribution in [0.1, 0.15) is 135 Å². The molecule has 0 aliphatic heterocycles. The van der Waals surface area contributed by atoms with E-state index in [1.807, 2.05) is 0 Å². The Morgan fingerprint density at radius 2 is 1.19 bits per heavy atom. The van der Waals surface area contributed by atoms with Crippen molar-refractivity contribution >= 4 is 0 Å². The second-order valence-electron chi connectivity index (χ2n) is 8.07. The summed E-state index contributed by atoms with van der Waals surface area (Å²) in [6.07, 6.45) is 23.6. The Kier molecular flexibility index (Phi) is 14.6. The van der Waals surface area contributed by atoms with E-state index < -0.39 is 0 Å². The third-order valence-corrected chi connectivity index (χ3v) is 5.53. The molecule has 0 aromatic carbocycles. The van der Waals surface area contributed by atoms with E-state index in [0.29, 0.717) is 5.92 Å². The Labute approximate surface area is 163 Å². The minimum Gasteiger partial charge on any atom is -0.252 e. The van der Waals surface area contributed by atoms with Gasteiger partial charge in [-0.25, -0.2) is 0 Å². The summed E-state index contributed by atoms with van der Waals surface area (Å²) in [5, 5.41) is 8.98. The van der Waals surface area contributed by atoms with Crippen LogP contribution in [0.4, 0.5) is 0 Å². The molecule has 0 N–H and O–H groups in total. The zero-order valence-electron chi connectivity index (χ0n) is 18.0. The number of hydrogen-bond donors (Lipinski definition) is 0. The molecule has 0 bridgehead atoms. The van der Waals surface area contributed by atoms with Crippen LogP contribution < -0.4 is 0 Å². The molecular formula is C23H45N3. The van der Waals surface area contributed by atoms with Crippen molar-refractivity contribution in [2.75, 3.05) is 0 Å². The van der Waals surface area contributed by atoms with Gasteiger partial charge in [0.25, 0.3) is 0 Å². The number of aromatic nitrogens is 3. The molecule has 0 aliphatic rings. The van der Waals surface area contributed by atoms with Crippen LogP contribution in [0.2, 0.25) is 0 Å². The van der Waals surface area contributed by atoms with Crippen LogP contribution in [-0.4, -0.2) is 15.0 Å². The van der Waals surface area contributed by atoms with Gasteiger partial charge in [0.1, 0.15) is 0 Å². The first kappa shape index (κ1) is 23.2. The molecule has 1 aromatic rings. The largest absolute Gasteiger partial charge is 0.252 e. The molecule has 3 nitrogen and oxygen atoms in total. The lowest BCUT2D eigenvalue weighted by Crippen LogP contribution is -2.01. The third kappa shape index (κ3) is 11.0. The normalized spacial score (nSPS) is 11.5. The number of nitrogens with zero attached hydrogens (tertiary/aromatic N) is 3. The second-order valence-corrected chi connectivity index (χ2v) is 8.07. The predicted molar refractivity (Wildman–Crippen MR) is 114 cm³/mol. The van der Waals surface area contributed by atoms with Gasteiger partial charge in [-0.15, -0.1) is 5.10 Å². The van der Waals surface area contributed by atoms with Crippen molar-refractivity contribution in [1.29, 1.82) is 0 Å². The van der Waals surface area contributed by atoms with Gasteiger partial charge in [-0.05, 0) is 19.3 Å². The molecule has 152 valence electrons. The minimum absolute atomic E-state index is 0.627. The van der Waals surface area contributed by atoms with E-state index in [0.717, 1.165) is 6.54 Å². The number of hydrogen-bond acceptors (Lipinski definition) is 2. The Morgan fingerprint density at radius 3 is 1.77 bits per heavy atom. The smallest absolute Gasteiger partial charge is 0.0857 e. The summed E-state index contributed by atoms with van der Waals surface area (Å²) in [7, 11) is 0. The number of unbranched alkanes of at least 4 members (excludes halogenated alkanes) is 11. The van der Waals surface area contributed by atoms with Gasteiger partial charge in [0.2, 0.25) is 0 Å². The van der Waals surface area contributed by atoms with Crippen molar-refractivity contribution in [1.82, 2.24) is 15.0 Å². The summed E-state index contributed by atoms with van der Waals surface area (Å²) >= 11 is 0. The van der Waals surface area contributed by atoms with Gasteiger partial charge >= 0.3 is 0 Å². The molecule has 1 heterocycles. The van der Waals surface area contributed by atoms with E-state index >= 15 is 0 Å². The van der Waals surface area contributed by atoms with Crippen LogP contribution in [0, 0.1) is 0 Å². The maximum atomic E-state index is 4.56. The maximum absolute atomic E-state index is 4.56. The van der Waals surface area contributed by atoms with Gasteiger partial charge in [0, 0.05) is 18.7 Å². The molecule has 0 saturated carbocycles. The Bertz CT molecular complexity index is 401. The van der Waals surface area contributed by atoms with Crippen molar-refractivity contribution < 1.29 is 0 Å². The number of rotatable bonds is 18. The first-order chi connectivity index (χ1) is 12.8. The van der Waals surface area contributed by atoms with Gasteiger partial charge in [0.05, 0.1) is 5.69 Å². The molecule has 1 rings (SSSR count). The highest BCUT2D eigenvalue weighted by molar-refractivity contribution is 5.01. The van der Waals surface area contributed by atoms with Crippen LogP contribution in [0.3, 0.4) is 0 Å². The summed E-state index contributed by atoms with van der Waals surface area (Å²) < 4.78 is 2.10. The van der Waals surface area contributed by atoms with Crippen LogP contribution in [0.25, 0.3) is 0 Å². The quantitative estimate of drug-likeness (QED) is 0.251. The fourth-order valence-electron chi connectivity index (χ4n) is 3.74. The first-order valence-electron chi connectivity index (χ1n) is 11.7. The molecule has 0 saturated heterocycles. The molecule has 0 atom stereocenters. The molecule has 0 radical (unpaired) electrons. The van der Waals surface area contributed by atoms with Crippen molar-refractivity contribution in [3.8, 4) is 0 Å². The first-order valence-corrected chi connectivity index (χ1v) is 11.7. The van der Waals surface area contributed by atoms with E-state index in [1.165, 1.54) is 108 Å². The Hall–Kier alpha value is -0.860. The average molecular weight is 364 g/mol. The van der Waals surface area contributed by atoms with E-state index in [4.69, 9.17) is 0 Å². The van der Waals surface area contributed by atoms with Crippen LogP contribution >= 0.6 is 0 Å². The fourth-order valence-corrected chi connectivity index (χ4v) is 3.74. The van der Waals surface area contributed by atoms with Gasteiger partial charge in [-0.3, -0.25) is 4.68 Å². The summed E-state index contributed by atoms with van der Waals surface area (Å²) in [5.74, 6) is 0.627. The zero-order valence-corrected chi connectivity index (χ0v) is 18.0. The lowest BCUT2D eigenvalue weighted by molar-refractivity contribution is 0.488. The minimum atomic E-state index is 0.627. The van der Waals surface area contributed by atoms with Crippen LogP contribution in [0.15, 0.2) is 6.20 Å². The summed E-state index contributed by atoms with van der Waals surface area (Å²) in [6, 6.07) is 0. The molecule has 0 unspecified atom stereocenters. The highest BCUT2D eigenvalue weighted by atomic mass is 15.4. The maximum Gasteiger partial charge on any atom is 0.0857 e. The molecule has 0 amide bonds. The summed E-state index contributed by atoms with van der Waals surface area (Å²) in [4.78, 5) is 0. The third-order valence-electron chi connectivity index (χ3n) is 5.53. The van der Waals surface area contributed by atoms with Crippen molar-refractivity contribution in [3.05, 3.63) is 11.9 Å². The number of aryl methyl sites for hydroxylation is 1. The monoisotopic (exact) mass is 363 g/mol.